The van der Waals surface area contributed by atoms with Crippen LogP contribution >= 0.6 is 0 Å². The standard InChI is InChI=1S/C13H22N2O2/c14-10-3-1-8(5-10)13(17)15-6-9-2-4-12(16)11(9)7-15/h8-12,16H,1-7,14H2. The Hall–Kier alpha value is -0.610. The molecular weight excluding hydrogens is 216 g/mol. The van der Waals surface area contributed by atoms with E-state index in [0.29, 0.717) is 17.7 Å². The van der Waals surface area contributed by atoms with E-state index >= 15 is 0 Å². The van der Waals surface area contributed by atoms with E-state index < -0.39 is 0 Å². The Labute approximate surface area is 102 Å². The number of rotatable bonds is 1. The minimum atomic E-state index is -0.177. The van der Waals surface area contributed by atoms with E-state index in [1.165, 1.54) is 0 Å². The highest BCUT2D eigenvalue weighted by atomic mass is 16.3. The Morgan fingerprint density at radius 3 is 2.65 bits per heavy atom. The van der Waals surface area contributed by atoms with E-state index in [9.17, 15) is 9.90 Å². The smallest absolute Gasteiger partial charge is 0.225 e. The molecule has 96 valence electrons. The lowest BCUT2D eigenvalue weighted by Crippen LogP contribution is -2.35. The molecule has 17 heavy (non-hydrogen) atoms. The van der Waals surface area contributed by atoms with Gasteiger partial charge in [0.25, 0.3) is 0 Å². The number of fused-ring (bicyclic) bond motifs is 1. The fourth-order valence-corrected chi connectivity index (χ4v) is 3.92. The summed E-state index contributed by atoms with van der Waals surface area (Å²) in [6.45, 7) is 1.64. The predicted octanol–water partition coefficient (Wildman–Crippen LogP) is 0.343. The summed E-state index contributed by atoms with van der Waals surface area (Å²) in [6.07, 6.45) is 4.62. The van der Waals surface area contributed by atoms with Gasteiger partial charge in [0.2, 0.25) is 5.91 Å². The highest BCUT2D eigenvalue weighted by molar-refractivity contribution is 5.79. The maximum atomic E-state index is 12.3. The van der Waals surface area contributed by atoms with E-state index in [4.69, 9.17) is 5.73 Å². The zero-order valence-corrected chi connectivity index (χ0v) is 10.2. The quantitative estimate of drug-likeness (QED) is 0.692. The molecule has 2 aliphatic carbocycles. The van der Waals surface area contributed by atoms with Gasteiger partial charge in [-0.25, -0.2) is 0 Å². The van der Waals surface area contributed by atoms with Crippen LogP contribution in [-0.2, 0) is 4.79 Å². The second kappa shape index (κ2) is 4.25. The molecule has 3 fully saturated rings. The van der Waals surface area contributed by atoms with Crippen molar-refractivity contribution in [2.75, 3.05) is 13.1 Å². The first-order valence-corrected chi connectivity index (χ1v) is 6.87. The third-order valence-corrected chi connectivity index (χ3v) is 4.95. The van der Waals surface area contributed by atoms with Crippen LogP contribution in [-0.4, -0.2) is 41.1 Å². The summed E-state index contributed by atoms with van der Waals surface area (Å²) in [5.41, 5.74) is 5.86. The highest BCUT2D eigenvalue weighted by Crippen LogP contribution is 2.39. The van der Waals surface area contributed by atoms with Crippen LogP contribution in [0.25, 0.3) is 0 Å². The second-order valence-corrected chi connectivity index (χ2v) is 6.08. The molecular formula is C13H22N2O2. The normalized spacial score (nSPS) is 45.3. The molecule has 0 aromatic heterocycles. The van der Waals surface area contributed by atoms with Crippen molar-refractivity contribution in [3.63, 3.8) is 0 Å². The lowest BCUT2D eigenvalue weighted by atomic mass is 10.00. The number of amides is 1. The average molecular weight is 238 g/mol. The van der Waals surface area contributed by atoms with Gasteiger partial charge in [0.15, 0.2) is 0 Å². The number of hydrogen-bond acceptors (Lipinski definition) is 3. The molecule has 0 spiro atoms. The van der Waals surface area contributed by atoms with Gasteiger partial charge in [0.05, 0.1) is 6.10 Å². The SMILES string of the molecule is NC1CCC(C(=O)N2CC3CCC(O)C3C2)C1. The van der Waals surface area contributed by atoms with Gasteiger partial charge >= 0.3 is 0 Å². The first kappa shape index (κ1) is 11.5. The van der Waals surface area contributed by atoms with Crippen LogP contribution in [0.4, 0.5) is 0 Å². The van der Waals surface area contributed by atoms with Crippen LogP contribution in [0.2, 0.25) is 0 Å². The molecule has 3 rings (SSSR count). The van der Waals surface area contributed by atoms with E-state index in [0.717, 1.165) is 45.2 Å². The molecule has 1 amide bonds. The third kappa shape index (κ3) is 1.97. The Morgan fingerprint density at radius 2 is 2.00 bits per heavy atom. The molecule has 4 nitrogen and oxygen atoms in total. The molecule has 1 heterocycles. The van der Waals surface area contributed by atoms with Crippen LogP contribution in [0.5, 0.6) is 0 Å². The van der Waals surface area contributed by atoms with Crippen molar-refractivity contribution in [3.05, 3.63) is 0 Å². The molecule has 3 aliphatic rings. The van der Waals surface area contributed by atoms with E-state index in [-0.39, 0.29) is 18.1 Å². The van der Waals surface area contributed by atoms with E-state index in [1.807, 2.05) is 4.90 Å². The lowest BCUT2D eigenvalue weighted by Gasteiger charge is -2.22. The second-order valence-electron chi connectivity index (χ2n) is 6.08. The molecule has 3 N–H and O–H groups in total. The number of nitrogens with zero attached hydrogens (tertiary/aromatic N) is 1. The van der Waals surface area contributed by atoms with Gasteiger partial charge in [0, 0.05) is 31.0 Å². The minimum Gasteiger partial charge on any atom is -0.393 e. The van der Waals surface area contributed by atoms with Gasteiger partial charge in [-0.05, 0) is 38.0 Å². The van der Waals surface area contributed by atoms with Gasteiger partial charge < -0.3 is 15.7 Å². The Morgan fingerprint density at radius 1 is 1.18 bits per heavy atom. The number of carbonyl (C=O) groups excluding carboxylic acids is 1. The predicted molar refractivity (Wildman–Crippen MR) is 64.1 cm³/mol. The Kier molecular flexibility index (Phi) is 2.87. The van der Waals surface area contributed by atoms with Gasteiger partial charge in [-0.3, -0.25) is 4.79 Å². The van der Waals surface area contributed by atoms with E-state index in [1.54, 1.807) is 0 Å². The molecule has 1 saturated heterocycles. The number of nitrogens with two attached hydrogens (primary N) is 1. The first-order valence-electron chi connectivity index (χ1n) is 6.87. The maximum absolute atomic E-state index is 12.3. The maximum Gasteiger partial charge on any atom is 0.225 e. The summed E-state index contributed by atoms with van der Waals surface area (Å²) in [7, 11) is 0. The molecule has 4 heteroatoms. The van der Waals surface area contributed by atoms with Gasteiger partial charge in [-0.1, -0.05) is 0 Å². The first-order chi connectivity index (χ1) is 8.15. The molecule has 0 aromatic rings. The average Bonchev–Trinajstić information content (AvgIpc) is 2.96. The van der Waals surface area contributed by atoms with Gasteiger partial charge in [-0.15, -0.1) is 0 Å². The van der Waals surface area contributed by atoms with Crippen LogP contribution < -0.4 is 5.73 Å². The van der Waals surface area contributed by atoms with Crippen LogP contribution in [0.3, 0.4) is 0 Å². The van der Waals surface area contributed by atoms with Crippen molar-refractivity contribution in [2.45, 2.75) is 44.2 Å². The summed E-state index contributed by atoms with van der Waals surface area (Å²) in [5.74, 6) is 1.33. The summed E-state index contributed by atoms with van der Waals surface area (Å²) in [6, 6.07) is 0.219. The fourth-order valence-electron chi connectivity index (χ4n) is 3.92. The van der Waals surface area contributed by atoms with E-state index in [2.05, 4.69) is 0 Å². The monoisotopic (exact) mass is 238 g/mol. The number of aliphatic hydroxyl groups is 1. The van der Waals surface area contributed by atoms with Crippen molar-refractivity contribution in [2.24, 2.45) is 23.5 Å². The molecule has 2 saturated carbocycles. The largest absolute Gasteiger partial charge is 0.393 e. The van der Waals surface area contributed by atoms with Crippen molar-refractivity contribution < 1.29 is 9.90 Å². The van der Waals surface area contributed by atoms with Crippen LogP contribution in [0, 0.1) is 17.8 Å². The van der Waals surface area contributed by atoms with Crippen molar-refractivity contribution >= 4 is 5.91 Å². The zero-order chi connectivity index (χ0) is 12.0. The van der Waals surface area contributed by atoms with Crippen molar-refractivity contribution in [1.29, 1.82) is 0 Å². The molecule has 0 aromatic carbocycles. The molecule has 1 aliphatic heterocycles. The Balaban J connectivity index is 1.61. The molecule has 0 radical (unpaired) electrons. The van der Waals surface area contributed by atoms with Crippen LogP contribution in [0.15, 0.2) is 0 Å². The van der Waals surface area contributed by atoms with Crippen LogP contribution in [0.1, 0.15) is 32.1 Å². The third-order valence-electron chi connectivity index (χ3n) is 4.95. The zero-order valence-electron chi connectivity index (χ0n) is 10.2. The lowest BCUT2D eigenvalue weighted by molar-refractivity contribution is -0.134. The molecule has 5 unspecified atom stereocenters. The van der Waals surface area contributed by atoms with Crippen molar-refractivity contribution in [1.82, 2.24) is 4.90 Å². The van der Waals surface area contributed by atoms with Crippen molar-refractivity contribution in [3.8, 4) is 0 Å². The topological polar surface area (TPSA) is 66.6 Å². The number of likely N-dealkylation sites (tertiary alicyclic amines) is 1. The number of carbonyl (C=O) groups is 1. The fraction of sp³-hybridized carbons (Fsp3) is 0.923. The highest BCUT2D eigenvalue weighted by Gasteiger charge is 2.44. The number of aliphatic hydroxyl groups excluding tert-OH is 1. The molecule has 0 bridgehead atoms. The summed E-state index contributed by atoms with van der Waals surface area (Å²) >= 11 is 0. The summed E-state index contributed by atoms with van der Waals surface area (Å²) in [4.78, 5) is 14.3. The van der Waals surface area contributed by atoms with Gasteiger partial charge in [0.1, 0.15) is 0 Å². The molecule has 5 atom stereocenters. The van der Waals surface area contributed by atoms with Gasteiger partial charge in [-0.2, -0.15) is 0 Å². The summed E-state index contributed by atoms with van der Waals surface area (Å²) < 4.78 is 0. The number of hydrogen-bond donors (Lipinski definition) is 2. The summed E-state index contributed by atoms with van der Waals surface area (Å²) in [5, 5.41) is 9.85. The minimum absolute atomic E-state index is 0.154. The Bertz CT molecular complexity index is 321.